The lowest BCUT2D eigenvalue weighted by Crippen LogP contribution is -2.30. The summed E-state index contributed by atoms with van der Waals surface area (Å²) < 4.78 is 26.3. The van der Waals surface area contributed by atoms with E-state index in [1.165, 1.54) is 10.5 Å². The molecule has 0 atom stereocenters. The molecule has 0 aliphatic rings. The molecule has 5 nitrogen and oxygen atoms in total. The van der Waals surface area contributed by atoms with Crippen molar-refractivity contribution < 1.29 is 8.42 Å². The first-order valence-electron chi connectivity index (χ1n) is 5.87. The zero-order chi connectivity index (χ0) is 13.3. The Morgan fingerprint density at radius 3 is 2.56 bits per heavy atom. The van der Waals surface area contributed by atoms with Gasteiger partial charge in [-0.3, -0.25) is 0 Å². The Labute approximate surface area is 107 Å². The van der Waals surface area contributed by atoms with Crippen LogP contribution >= 0.6 is 0 Å². The summed E-state index contributed by atoms with van der Waals surface area (Å²) in [6, 6.07) is 5.17. The second-order valence-electron chi connectivity index (χ2n) is 4.05. The molecule has 1 aromatic heterocycles. The standard InChI is InChI=1S/C12H17N3O2S/c1-3-15(4-2)18(16,17)12-8-14-11-7-9(13)5-6-10(11)12/h5-8,14H,3-4,13H2,1-2H3. The summed E-state index contributed by atoms with van der Waals surface area (Å²) in [6.07, 6.45) is 1.53. The predicted molar refractivity (Wildman–Crippen MR) is 72.8 cm³/mol. The Hall–Kier alpha value is -1.53. The number of nitrogen functional groups attached to an aromatic ring is 1. The van der Waals surface area contributed by atoms with Gasteiger partial charge in [0.05, 0.1) is 0 Å². The van der Waals surface area contributed by atoms with E-state index in [-0.39, 0.29) is 0 Å². The number of H-pyrrole nitrogens is 1. The van der Waals surface area contributed by atoms with Crippen molar-refractivity contribution >= 4 is 26.6 Å². The number of hydrogen-bond donors (Lipinski definition) is 2. The molecule has 0 aliphatic heterocycles. The fourth-order valence-electron chi connectivity index (χ4n) is 2.03. The maximum absolute atomic E-state index is 12.4. The molecule has 6 heteroatoms. The highest BCUT2D eigenvalue weighted by Crippen LogP contribution is 2.26. The van der Waals surface area contributed by atoms with Gasteiger partial charge in [-0.15, -0.1) is 0 Å². The van der Waals surface area contributed by atoms with Gasteiger partial charge < -0.3 is 10.7 Å². The molecule has 0 fully saturated rings. The third-order valence-corrected chi connectivity index (χ3v) is 5.08. The van der Waals surface area contributed by atoms with E-state index < -0.39 is 10.0 Å². The lowest BCUT2D eigenvalue weighted by Gasteiger charge is -2.17. The van der Waals surface area contributed by atoms with Crippen molar-refractivity contribution in [1.82, 2.24) is 9.29 Å². The second kappa shape index (κ2) is 4.62. The van der Waals surface area contributed by atoms with Gasteiger partial charge in [-0.2, -0.15) is 4.31 Å². The van der Waals surface area contributed by atoms with Crippen LogP contribution in [0.1, 0.15) is 13.8 Å². The SMILES string of the molecule is CCN(CC)S(=O)(=O)c1c[nH]c2cc(N)ccc12. The molecule has 0 bridgehead atoms. The fourth-order valence-corrected chi connectivity index (χ4v) is 3.65. The van der Waals surface area contributed by atoms with Crippen LogP contribution in [0, 0.1) is 0 Å². The van der Waals surface area contributed by atoms with Crippen molar-refractivity contribution in [1.29, 1.82) is 0 Å². The maximum atomic E-state index is 12.4. The molecule has 1 aromatic carbocycles. The molecule has 2 aromatic rings. The zero-order valence-electron chi connectivity index (χ0n) is 10.5. The smallest absolute Gasteiger partial charge is 0.245 e. The summed E-state index contributed by atoms with van der Waals surface area (Å²) in [5.74, 6) is 0. The van der Waals surface area contributed by atoms with Gasteiger partial charge >= 0.3 is 0 Å². The van der Waals surface area contributed by atoms with Gasteiger partial charge in [-0.1, -0.05) is 13.8 Å². The molecule has 0 saturated heterocycles. The third-order valence-electron chi connectivity index (χ3n) is 2.99. The van der Waals surface area contributed by atoms with E-state index >= 15 is 0 Å². The molecule has 0 unspecified atom stereocenters. The number of nitrogens with zero attached hydrogens (tertiary/aromatic N) is 1. The summed E-state index contributed by atoms with van der Waals surface area (Å²) in [5, 5.41) is 0.677. The van der Waals surface area contributed by atoms with E-state index in [0.717, 1.165) is 5.52 Å². The highest BCUT2D eigenvalue weighted by Gasteiger charge is 2.24. The molecule has 1 heterocycles. The first kappa shape index (κ1) is 12.9. The monoisotopic (exact) mass is 267 g/mol. The number of rotatable bonds is 4. The molecule has 0 radical (unpaired) electrons. The van der Waals surface area contributed by atoms with Crippen molar-refractivity contribution in [2.75, 3.05) is 18.8 Å². The van der Waals surface area contributed by atoms with Gasteiger partial charge in [0, 0.05) is 35.9 Å². The number of aromatic nitrogens is 1. The van der Waals surface area contributed by atoms with Crippen molar-refractivity contribution in [3.05, 3.63) is 24.4 Å². The number of benzene rings is 1. The molecule has 0 aliphatic carbocycles. The largest absolute Gasteiger partial charge is 0.399 e. The average Bonchev–Trinajstić information content (AvgIpc) is 2.73. The molecule has 2 rings (SSSR count). The molecule has 0 saturated carbocycles. The zero-order valence-corrected chi connectivity index (χ0v) is 11.3. The van der Waals surface area contributed by atoms with Crippen LogP contribution in [-0.4, -0.2) is 30.8 Å². The molecule has 0 amide bonds. The van der Waals surface area contributed by atoms with E-state index in [2.05, 4.69) is 4.98 Å². The Bertz CT molecular complexity index is 657. The lowest BCUT2D eigenvalue weighted by molar-refractivity contribution is 0.446. The van der Waals surface area contributed by atoms with Gasteiger partial charge in [0.2, 0.25) is 10.0 Å². The normalized spacial score (nSPS) is 12.4. The van der Waals surface area contributed by atoms with Gasteiger partial charge in [-0.05, 0) is 18.2 Å². The Morgan fingerprint density at radius 1 is 1.28 bits per heavy atom. The number of nitrogens with two attached hydrogens (primary N) is 1. The number of anilines is 1. The number of hydrogen-bond acceptors (Lipinski definition) is 3. The van der Waals surface area contributed by atoms with Crippen LogP contribution in [0.25, 0.3) is 10.9 Å². The summed E-state index contributed by atoms with van der Waals surface area (Å²) >= 11 is 0. The number of nitrogens with one attached hydrogen (secondary N) is 1. The topological polar surface area (TPSA) is 79.2 Å². The van der Waals surface area contributed by atoms with E-state index in [1.54, 1.807) is 18.2 Å². The van der Waals surface area contributed by atoms with Gasteiger partial charge in [0.15, 0.2) is 0 Å². The molecule has 98 valence electrons. The summed E-state index contributed by atoms with van der Waals surface area (Å²) in [7, 11) is -3.44. The first-order valence-corrected chi connectivity index (χ1v) is 7.31. The summed E-state index contributed by atoms with van der Waals surface area (Å²) in [4.78, 5) is 3.26. The fraction of sp³-hybridized carbons (Fsp3) is 0.333. The minimum Gasteiger partial charge on any atom is -0.399 e. The van der Waals surface area contributed by atoms with Crippen LogP contribution in [0.2, 0.25) is 0 Å². The minimum absolute atomic E-state index is 0.307. The molecular formula is C12H17N3O2S. The highest BCUT2D eigenvalue weighted by atomic mass is 32.2. The van der Waals surface area contributed by atoms with E-state index in [9.17, 15) is 8.42 Å². The van der Waals surface area contributed by atoms with E-state index in [1.807, 2.05) is 13.8 Å². The van der Waals surface area contributed by atoms with Gasteiger partial charge in [-0.25, -0.2) is 8.42 Å². The quantitative estimate of drug-likeness (QED) is 0.829. The van der Waals surface area contributed by atoms with Crippen LogP contribution < -0.4 is 5.73 Å². The van der Waals surface area contributed by atoms with E-state index in [4.69, 9.17) is 5.73 Å². The van der Waals surface area contributed by atoms with Crippen molar-refractivity contribution in [2.24, 2.45) is 0 Å². The third kappa shape index (κ3) is 1.97. The van der Waals surface area contributed by atoms with E-state index in [0.29, 0.717) is 29.1 Å². The molecule has 0 spiro atoms. The minimum atomic E-state index is -3.44. The maximum Gasteiger partial charge on any atom is 0.245 e. The Kier molecular flexibility index (Phi) is 3.32. The molecule has 3 N–H and O–H groups in total. The van der Waals surface area contributed by atoms with Crippen LogP contribution in [0.3, 0.4) is 0 Å². The highest BCUT2D eigenvalue weighted by molar-refractivity contribution is 7.89. The van der Waals surface area contributed by atoms with Crippen LogP contribution in [0.15, 0.2) is 29.3 Å². The first-order chi connectivity index (χ1) is 8.50. The summed E-state index contributed by atoms with van der Waals surface area (Å²) in [6.45, 7) is 4.57. The second-order valence-corrected chi connectivity index (χ2v) is 5.95. The number of sulfonamides is 1. The van der Waals surface area contributed by atoms with Gasteiger partial charge in [0.1, 0.15) is 4.90 Å². The number of aromatic amines is 1. The van der Waals surface area contributed by atoms with Crippen molar-refractivity contribution in [3.63, 3.8) is 0 Å². The Morgan fingerprint density at radius 2 is 1.94 bits per heavy atom. The van der Waals surface area contributed by atoms with Crippen molar-refractivity contribution in [2.45, 2.75) is 18.7 Å². The predicted octanol–water partition coefficient (Wildman–Crippen LogP) is 1.78. The van der Waals surface area contributed by atoms with Crippen LogP contribution in [0.4, 0.5) is 5.69 Å². The lowest BCUT2D eigenvalue weighted by atomic mass is 10.2. The van der Waals surface area contributed by atoms with Gasteiger partial charge in [0.25, 0.3) is 0 Å². The molecular weight excluding hydrogens is 250 g/mol. The van der Waals surface area contributed by atoms with Crippen molar-refractivity contribution in [3.8, 4) is 0 Å². The summed E-state index contributed by atoms with van der Waals surface area (Å²) in [5.41, 5.74) is 7.02. The number of fused-ring (bicyclic) bond motifs is 1. The Balaban J connectivity index is 2.61. The van der Waals surface area contributed by atoms with Crippen LogP contribution in [0.5, 0.6) is 0 Å². The molecule has 18 heavy (non-hydrogen) atoms. The average molecular weight is 267 g/mol. The van der Waals surface area contributed by atoms with Crippen LogP contribution in [-0.2, 0) is 10.0 Å².